The van der Waals surface area contributed by atoms with Crippen molar-refractivity contribution in [2.45, 2.75) is 20.3 Å². The van der Waals surface area contributed by atoms with Crippen LogP contribution in [0.25, 0.3) is 0 Å². The van der Waals surface area contributed by atoms with Crippen molar-refractivity contribution < 1.29 is 19.1 Å². The van der Waals surface area contributed by atoms with E-state index in [0.717, 1.165) is 0 Å². The van der Waals surface area contributed by atoms with Crippen LogP contribution in [0.4, 0.5) is 0 Å². The van der Waals surface area contributed by atoms with Gasteiger partial charge in [-0.1, -0.05) is 11.6 Å². The van der Waals surface area contributed by atoms with Crippen LogP contribution in [-0.2, 0) is 14.3 Å². The molecule has 1 aromatic rings. The number of hydrogen-bond donors (Lipinski definition) is 0. The molecule has 0 amide bonds. The van der Waals surface area contributed by atoms with E-state index in [4.69, 9.17) is 16.3 Å². The summed E-state index contributed by atoms with van der Waals surface area (Å²) in [7, 11) is 0. The monoisotopic (exact) mass is 288 g/mol. The number of carbonyl (C=O) groups is 3. The molecule has 0 saturated carbocycles. The maximum atomic E-state index is 11.8. The molecule has 0 saturated heterocycles. The number of Topliss-reactive ketones (excluding diaryl/α,β-unsaturated/α-hetero) is 1. The van der Waals surface area contributed by atoms with Gasteiger partial charge in [-0.05, 0) is 38.1 Å². The van der Waals surface area contributed by atoms with Gasteiger partial charge in [-0.3, -0.25) is 14.4 Å². The molecule has 0 N–H and O–H groups in total. The summed E-state index contributed by atoms with van der Waals surface area (Å²) in [6, 6.07) is 6.34. The molecule has 102 valence electrons. The second kappa shape index (κ2) is 8.75. The molecule has 20 heavy (non-hydrogen) atoms. The molecule has 0 radical (unpaired) electrons. The molecule has 0 heterocycles. The Morgan fingerprint density at radius 1 is 1.15 bits per heavy atom. The summed E-state index contributed by atoms with van der Waals surface area (Å²) in [4.78, 5) is 33.7. The summed E-state index contributed by atoms with van der Waals surface area (Å²) in [5, 5.41) is 0.533. The zero-order valence-corrected chi connectivity index (χ0v) is 11.4. The summed E-state index contributed by atoms with van der Waals surface area (Å²) in [6.07, 6.45) is 0.890. The van der Waals surface area contributed by atoms with E-state index in [-0.39, 0.29) is 42.6 Å². The summed E-state index contributed by atoms with van der Waals surface area (Å²) in [5.74, 6) is -1.12. The zero-order valence-electron chi connectivity index (χ0n) is 10.6. The quantitative estimate of drug-likeness (QED) is 0.208. The van der Waals surface area contributed by atoms with Crippen LogP contribution >= 0.6 is 11.6 Å². The fraction of sp³-hybridized carbons (Fsp3) is 0.214. The van der Waals surface area contributed by atoms with Crippen LogP contribution in [0.15, 0.2) is 36.1 Å². The van der Waals surface area contributed by atoms with Crippen LogP contribution < -0.4 is 0 Å². The molecule has 0 aliphatic rings. The number of esters is 1. The van der Waals surface area contributed by atoms with Crippen molar-refractivity contribution in [3.63, 3.8) is 0 Å². The van der Waals surface area contributed by atoms with Crippen LogP contribution in [0.1, 0.15) is 30.6 Å². The molecular weight excluding hydrogens is 275 g/mol. The van der Waals surface area contributed by atoms with E-state index in [1.165, 1.54) is 19.9 Å². The first-order valence-corrected chi connectivity index (χ1v) is 5.94. The Hall–Kier alpha value is -1.34. The van der Waals surface area contributed by atoms with Crippen molar-refractivity contribution in [2.75, 3.05) is 0 Å². The summed E-state index contributed by atoms with van der Waals surface area (Å²) >= 11 is 5.71. The number of benzene rings is 1. The predicted molar refractivity (Wildman–Crippen MR) is 78.1 cm³/mol. The second-order valence-corrected chi connectivity index (χ2v) is 4.42. The van der Waals surface area contributed by atoms with Gasteiger partial charge in [-0.2, -0.15) is 0 Å². The fourth-order valence-electron chi connectivity index (χ4n) is 1.33. The van der Waals surface area contributed by atoms with E-state index in [0.29, 0.717) is 10.6 Å². The van der Waals surface area contributed by atoms with Crippen molar-refractivity contribution in [3.05, 3.63) is 46.7 Å². The van der Waals surface area contributed by atoms with Gasteiger partial charge in [0.1, 0.15) is 18.0 Å². The van der Waals surface area contributed by atoms with E-state index in [1.807, 2.05) is 0 Å². The molecule has 0 bridgehead atoms. The molecule has 0 aromatic heterocycles. The third-order valence-electron chi connectivity index (χ3n) is 2.13. The maximum absolute atomic E-state index is 11.8. The molecule has 0 aliphatic heterocycles. The molecule has 0 spiro atoms. The number of ketones is 2. The van der Waals surface area contributed by atoms with Crippen molar-refractivity contribution in [1.29, 1.82) is 0 Å². The number of hydrogen-bond acceptors (Lipinski definition) is 4. The first-order valence-electron chi connectivity index (χ1n) is 5.57. The molecule has 0 aliphatic carbocycles. The predicted octanol–water partition coefficient (Wildman–Crippen LogP) is 2.30. The molecular formula is C14H14ClLiO4. The molecule has 0 unspecified atom stereocenters. The van der Waals surface area contributed by atoms with Crippen molar-refractivity contribution >= 4 is 48.0 Å². The molecule has 0 fully saturated rings. The van der Waals surface area contributed by atoms with Gasteiger partial charge in [0.05, 0.1) is 0 Å². The van der Waals surface area contributed by atoms with Crippen LogP contribution in [0.5, 0.6) is 0 Å². The Morgan fingerprint density at radius 3 is 2.20 bits per heavy atom. The average molecular weight is 289 g/mol. The minimum atomic E-state index is -0.676. The topological polar surface area (TPSA) is 60.4 Å². The van der Waals surface area contributed by atoms with Gasteiger partial charge < -0.3 is 4.74 Å². The third-order valence-corrected chi connectivity index (χ3v) is 2.38. The van der Waals surface area contributed by atoms with Gasteiger partial charge in [0.25, 0.3) is 0 Å². The molecule has 0 atom stereocenters. The van der Waals surface area contributed by atoms with Crippen LogP contribution in [0.3, 0.4) is 0 Å². The van der Waals surface area contributed by atoms with Crippen molar-refractivity contribution in [1.82, 2.24) is 0 Å². The standard InChI is InChI=1S/C14H13ClO4.Li.H/c1-9(16)7-14(18)19-10(2)8-13(17)11-3-5-12(15)6-4-11;;/h3-6,8H,7H2,1-2H3;;. The van der Waals surface area contributed by atoms with Crippen LogP contribution in [0, 0.1) is 0 Å². The van der Waals surface area contributed by atoms with E-state index >= 15 is 0 Å². The minimum absolute atomic E-state index is 0. The van der Waals surface area contributed by atoms with Crippen molar-refractivity contribution in [3.8, 4) is 0 Å². The second-order valence-electron chi connectivity index (χ2n) is 3.98. The number of carbonyl (C=O) groups excluding carboxylic acids is 3. The molecule has 6 heteroatoms. The normalized spacial score (nSPS) is 10.4. The van der Waals surface area contributed by atoms with Crippen LogP contribution in [-0.4, -0.2) is 36.4 Å². The SMILES string of the molecule is CC(=O)CC(=O)OC(C)=CC(=O)c1ccc(Cl)cc1.[LiH]. The van der Waals surface area contributed by atoms with E-state index in [9.17, 15) is 14.4 Å². The summed E-state index contributed by atoms with van der Waals surface area (Å²) in [5.41, 5.74) is 0.436. The zero-order chi connectivity index (χ0) is 14.4. The van der Waals surface area contributed by atoms with E-state index < -0.39 is 5.97 Å². The van der Waals surface area contributed by atoms with E-state index in [2.05, 4.69) is 0 Å². The Kier molecular flexibility index (Phi) is 8.17. The van der Waals surface area contributed by atoms with Crippen molar-refractivity contribution in [2.24, 2.45) is 0 Å². The molecule has 4 nitrogen and oxygen atoms in total. The Labute approximate surface area is 134 Å². The molecule has 1 aromatic carbocycles. The Balaban J connectivity index is 0.00000361. The average Bonchev–Trinajstić information content (AvgIpc) is 2.27. The van der Waals surface area contributed by atoms with Gasteiger partial charge in [-0.25, -0.2) is 0 Å². The fourth-order valence-corrected chi connectivity index (χ4v) is 1.46. The van der Waals surface area contributed by atoms with E-state index in [1.54, 1.807) is 24.3 Å². The first-order chi connectivity index (χ1) is 8.88. The number of halogens is 1. The van der Waals surface area contributed by atoms with Gasteiger partial charge in [0.2, 0.25) is 0 Å². The van der Waals surface area contributed by atoms with Gasteiger partial charge in [0.15, 0.2) is 5.78 Å². The summed E-state index contributed by atoms with van der Waals surface area (Å²) in [6.45, 7) is 2.77. The van der Waals surface area contributed by atoms with Gasteiger partial charge >= 0.3 is 24.8 Å². The summed E-state index contributed by atoms with van der Waals surface area (Å²) < 4.78 is 4.83. The number of rotatable bonds is 5. The Morgan fingerprint density at radius 2 is 1.70 bits per heavy atom. The van der Waals surface area contributed by atoms with Gasteiger partial charge in [-0.15, -0.1) is 0 Å². The molecule has 1 rings (SSSR count). The third kappa shape index (κ3) is 6.72. The number of ether oxygens (including phenoxy) is 1. The number of allylic oxidation sites excluding steroid dienone is 2. The van der Waals surface area contributed by atoms with Crippen LogP contribution in [0.2, 0.25) is 5.02 Å². The van der Waals surface area contributed by atoms with Gasteiger partial charge in [0, 0.05) is 16.7 Å². The Bertz CT molecular complexity index is 535. The first kappa shape index (κ1) is 18.7.